The number of nitrogens with two attached hydrogens (primary N) is 1. The van der Waals surface area contributed by atoms with Gasteiger partial charge in [0.2, 0.25) is 11.8 Å². The number of amides is 2. The lowest BCUT2D eigenvalue weighted by Crippen LogP contribution is -2.44. The van der Waals surface area contributed by atoms with Crippen LogP contribution in [0.4, 0.5) is 4.39 Å². The van der Waals surface area contributed by atoms with Crippen LogP contribution in [0.1, 0.15) is 12.8 Å². The lowest BCUT2D eigenvalue weighted by molar-refractivity contribution is -0.132. The second-order valence-corrected chi connectivity index (χ2v) is 7.50. The van der Waals surface area contributed by atoms with Gasteiger partial charge < -0.3 is 10.6 Å². The van der Waals surface area contributed by atoms with E-state index in [1.54, 1.807) is 33.7 Å². The number of carbonyl (C=O) groups excluding carboxylic acids is 2. The molecule has 0 aliphatic carbocycles. The zero-order valence-corrected chi connectivity index (χ0v) is 16.2. The number of benzene rings is 1. The number of likely N-dealkylation sites (tertiary alicyclic amines) is 1. The van der Waals surface area contributed by atoms with Crippen molar-refractivity contribution < 1.29 is 14.0 Å². The summed E-state index contributed by atoms with van der Waals surface area (Å²) in [5.41, 5.74) is 5.72. The van der Waals surface area contributed by atoms with Crippen LogP contribution in [0.2, 0.25) is 0 Å². The molecular formula is C19H22FN5O2S. The molecule has 1 aliphatic rings. The maximum atomic E-state index is 14.2. The number of primary amides is 1. The minimum atomic E-state index is -0.390. The highest BCUT2D eigenvalue weighted by Crippen LogP contribution is 2.26. The Bertz CT molecular complexity index is 885. The normalized spacial score (nSPS) is 16.8. The average Bonchev–Trinajstić information content (AvgIpc) is 3.09. The molecule has 2 aromatic rings. The van der Waals surface area contributed by atoms with Crippen molar-refractivity contribution >= 4 is 23.6 Å². The van der Waals surface area contributed by atoms with E-state index >= 15 is 0 Å². The molecule has 0 spiro atoms. The van der Waals surface area contributed by atoms with E-state index in [4.69, 9.17) is 5.73 Å². The van der Waals surface area contributed by atoms with Gasteiger partial charge in [-0.05, 0) is 25.0 Å². The first-order chi connectivity index (χ1) is 13.5. The van der Waals surface area contributed by atoms with Crippen molar-refractivity contribution in [2.24, 2.45) is 11.7 Å². The number of allylic oxidation sites excluding steroid dienone is 1. The Morgan fingerprint density at radius 1 is 1.36 bits per heavy atom. The van der Waals surface area contributed by atoms with E-state index in [0.29, 0.717) is 42.6 Å². The Morgan fingerprint density at radius 2 is 2.14 bits per heavy atom. The van der Waals surface area contributed by atoms with Gasteiger partial charge in [0.05, 0.1) is 17.2 Å². The van der Waals surface area contributed by atoms with E-state index in [2.05, 4.69) is 16.8 Å². The molecule has 1 unspecified atom stereocenters. The fraction of sp³-hybridized carbons (Fsp3) is 0.368. The molecule has 1 saturated heterocycles. The minimum Gasteiger partial charge on any atom is -0.369 e. The summed E-state index contributed by atoms with van der Waals surface area (Å²) in [6.07, 6.45) is 3.14. The summed E-state index contributed by atoms with van der Waals surface area (Å²) >= 11 is 1.23. The summed E-state index contributed by atoms with van der Waals surface area (Å²) < 4.78 is 15.9. The summed E-state index contributed by atoms with van der Waals surface area (Å²) in [4.78, 5) is 25.6. The first-order valence-corrected chi connectivity index (χ1v) is 9.98. The molecule has 0 radical (unpaired) electrons. The van der Waals surface area contributed by atoms with Crippen LogP contribution in [0.3, 0.4) is 0 Å². The summed E-state index contributed by atoms with van der Waals surface area (Å²) in [5, 5.41) is 8.75. The molecule has 1 aromatic carbocycles. The van der Waals surface area contributed by atoms with Gasteiger partial charge in [0.25, 0.3) is 0 Å². The van der Waals surface area contributed by atoms with Crippen molar-refractivity contribution in [3.8, 4) is 11.4 Å². The Labute approximate surface area is 166 Å². The summed E-state index contributed by atoms with van der Waals surface area (Å²) in [6, 6.07) is 6.34. The molecule has 1 aromatic heterocycles. The smallest absolute Gasteiger partial charge is 0.233 e. The van der Waals surface area contributed by atoms with Gasteiger partial charge >= 0.3 is 0 Å². The topological polar surface area (TPSA) is 94.1 Å². The van der Waals surface area contributed by atoms with E-state index in [1.165, 1.54) is 17.8 Å². The molecular weight excluding hydrogens is 381 g/mol. The third-order valence-electron chi connectivity index (χ3n) is 4.64. The number of rotatable bonds is 7. The van der Waals surface area contributed by atoms with Gasteiger partial charge in [-0.1, -0.05) is 30.0 Å². The molecule has 0 saturated carbocycles. The van der Waals surface area contributed by atoms with Gasteiger partial charge in [0, 0.05) is 19.6 Å². The zero-order valence-electron chi connectivity index (χ0n) is 15.4. The predicted molar refractivity (Wildman–Crippen MR) is 105 cm³/mol. The van der Waals surface area contributed by atoms with Crippen molar-refractivity contribution in [2.45, 2.75) is 24.5 Å². The van der Waals surface area contributed by atoms with E-state index in [9.17, 15) is 14.0 Å². The molecule has 3 rings (SSSR count). The molecule has 2 N–H and O–H groups in total. The summed E-state index contributed by atoms with van der Waals surface area (Å²) in [6.45, 7) is 5.09. The third-order valence-corrected chi connectivity index (χ3v) is 5.60. The maximum absolute atomic E-state index is 14.2. The highest BCUT2D eigenvalue weighted by Gasteiger charge is 2.27. The molecule has 2 amide bonds. The Hall–Kier alpha value is -2.68. The fourth-order valence-electron chi connectivity index (χ4n) is 3.18. The Morgan fingerprint density at radius 3 is 2.86 bits per heavy atom. The zero-order chi connectivity index (χ0) is 20.1. The van der Waals surface area contributed by atoms with Crippen LogP contribution < -0.4 is 5.73 Å². The Balaban J connectivity index is 1.72. The van der Waals surface area contributed by atoms with Crippen molar-refractivity contribution in [3.63, 3.8) is 0 Å². The number of hydrogen-bond acceptors (Lipinski definition) is 5. The third kappa shape index (κ3) is 4.41. The summed E-state index contributed by atoms with van der Waals surface area (Å²) in [5.74, 6) is -0.599. The van der Waals surface area contributed by atoms with E-state index < -0.39 is 5.82 Å². The number of thioether (sulfide) groups is 1. The van der Waals surface area contributed by atoms with Crippen molar-refractivity contribution in [2.75, 3.05) is 18.8 Å². The lowest BCUT2D eigenvalue weighted by atomic mass is 9.97. The average molecular weight is 403 g/mol. The molecule has 148 valence electrons. The number of halogens is 1. The van der Waals surface area contributed by atoms with Crippen LogP contribution >= 0.6 is 11.8 Å². The van der Waals surface area contributed by atoms with Crippen LogP contribution in [0.5, 0.6) is 0 Å². The summed E-state index contributed by atoms with van der Waals surface area (Å²) in [7, 11) is 0. The highest BCUT2D eigenvalue weighted by atomic mass is 32.2. The van der Waals surface area contributed by atoms with Crippen molar-refractivity contribution in [1.29, 1.82) is 0 Å². The number of piperidine rings is 1. The maximum Gasteiger partial charge on any atom is 0.233 e. The molecule has 28 heavy (non-hydrogen) atoms. The molecule has 1 aliphatic heterocycles. The van der Waals surface area contributed by atoms with Crippen molar-refractivity contribution in [1.82, 2.24) is 19.7 Å². The monoisotopic (exact) mass is 403 g/mol. The standard InChI is InChI=1S/C19H22FN5O2S/c1-2-9-25-18(14-7-3-4-8-15(14)20)22-23-19(25)28-12-16(26)24-10-5-6-13(11-24)17(21)27/h2-4,7-8,13H,1,5-6,9-12H2,(H2,21,27). The van der Waals surface area contributed by atoms with E-state index in [1.807, 2.05) is 0 Å². The van der Waals surface area contributed by atoms with Gasteiger partial charge in [0.1, 0.15) is 5.82 Å². The van der Waals surface area contributed by atoms with Crippen LogP contribution in [0.25, 0.3) is 11.4 Å². The van der Waals surface area contributed by atoms with Crippen LogP contribution in [-0.4, -0.2) is 50.3 Å². The quantitative estimate of drug-likeness (QED) is 0.564. The minimum absolute atomic E-state index is 0.0865. The molecule has 9 heteroatoms. The second-order valence-electron chi connectivity index (χ2n) is 6.56. The predicted octanol–water partition coefficient (Wildman–Crippen LogP) is 2.09. The van der Waals surface area contributed by atoms with Crippen molar-refractivity contribution in [3.05, 3.63) is 42.7 Å². The number of hydrogen-bond donors (Lipinski definition) is 1. The number of aromatic nitrogens is 3. The first kappa shape index (κ1) is 20.1. The molecule has 2 heterocycles. The van der Waals surface area contributed by atoms with E-state index in [0.717, 1.165) is 6.42 Å². The fourth-order valence-corrected chi connectivity index (χ4v) is 4.03. The van der Waals surface area contributed by atoms with Gasteiger partial charge in [-0.25, -0.2) is 4.39 Å². The number of carbonyl (C=O) groups is 2. The number of nitrogens with zero attached hydrogens (tertiary/aromatic N) is 4. The van der Waals surface area contributed by atoms with Gasteiger partial charge in [-0.2, -0.15) is 0 Å². The van der Waals surface area contributed by atoms with Crippen LogP contribution in [0, 0.1) is 11.7 Å². The largest absolute Gasteiger partial charge is 0.369 e. The van der Waals surface area contributed by atoms with Gasteiger partial charge in [-0.15, -0.1) is 16.8 Å². The second kappa shape index (κ2) is 9.01. The molecule has 1 fully saturated rings. The lowest BCUT2D eigenvalue weighted by Gasteiger charge is -2.31. The van der Waals surface area contributed by atoms with E-state index in [-0.39, 0.29) is 23.5 Å². The van der Waals surface area contributed by atoms with Crippen LogP contribution in [-0.2, 0) is 16.1 Å². The SMILES string of the molecule is C=CCn1c(SCC(=O)N2CCCC(C(N)=O)C2)nnc1-c1ccccc1F. The molecule has 7 nitrogen and oxygen atoms in total. The Kier molecular flexibility index (Phi) is 6.45. The molecule has 0 bridgehead atoms. The van der Waals surface area contributed by atoms with Crippen LogP contribution in [0.15, 0.2) is 42.1 Å². The highest BCUT2D eigenvalue weighted by molar-refractivity contribution is 7.99. The van der Waals surface area contributed by atoms with Gasteiger partial charge in [0.15, 0.2) is 11.0 Å². The molecule has 1 atom stereocenters. The van der Waals surface area contributed by atoms with Gasteiger partial charge in [-0.3, -0.25) is 14.2 Å². The first-order valence-electron chi connectivity index (χ1n) is 9.00.